The molecule has 0 aromatic heterocycles. The van der Waals surface area contributed by atoms with Crippen molar-refractivity contribution in [3.8, 4) is 0 Å². The summed E-state index contributed by atoms with van der Waals surface area (Å²) in [6.45, 7) is 6.25. The molecule has 0 heterocycles. The number of esters is 1. The molecule has 3 aromatic carbocycles. The van der Waals surface area contributed by atoms with Gasteiger partial charge in [-0.2, -0.15) is 4.31 Å². The lowest BCUT2D eigenvalue weighted by Crippen LogP contribution is -2.37. The molecule has 1 aliphatic carbocycles. The number of carbonyl (C=O) groups is 2. The van der Waals surface area contributed by atoms with Gasteiger partial charge in [0.15, 0.2) is 0 Å². The number of ether oxygens (including phenoxy) is 1. The van der Waals surface area contributed by atoms with Crippen LogP contribution < -0.4 is 5.32 Å². The molecule has 7 nitrogen and oxygen atoms in total. The van der Waals surface area contributed by atoms with Gasteiger partial charge in [-0.3, -0.25) is 9.59 Å². The van der Waals surface area contributed by atoms with Gasteiger partial charge in [-0.1, -0.05) is 53.2 Å². The number of amides is 1. The van der Waals surface area contributed by atoms with Gasteiger partial charge in [0.2, 0.25) is 10.0 Å². The highest BCUT2D eigenvalue weighted by molar-refractivity contribution is 9.10. The highest BCUT2D eigenvalue weighted by Gasteiger charge is 2.33. The lowest BCUT2D eigenvalue weighted by molar-refractivity contribution is -0.149. The minimum absolute atomic E-state index is 0.0318. The van der Waals surface area contributed by atoms with Crippen molar-refractivity contribution in [3.05, 3.63) is 93.2 Å². The molecule has 43 heavy (non-hydrogen) atoms. The van der Waals surface area contributed by atoms with Crippen LogP contribution in [-0.2, 0) is 32.5 Å². The van der Waals surface area contributed by atoms with Gasteiger partial charge < -0.3 is 10.1 Å². The lowest BCUT2D eigenvalue weighted by Gasteiger charge is -2.31. The molecule has 0 spiro atoms. The summed E-state index contributed by atoms with van der Waals surface area (Å²) in [6, 6.07) is 16.4. The fraction of sp³-hybridized carbons (Fsp3) is 0.394. The van der Waals surface area contributed by atoms with E-state index in [0.29, 0.717) is 44.4 Å². The SMILES string of the molecule is CCOC(=O)C1CCC(CN(Cc2cccc(Br)c2)S(=O)(=O)c2ccc(F)c(C(=O)Nc3c(C)cccc3CC)c2)CC1. The molecular weight excluding hydrogens is 635 g/mol. The molecule has 1 N–H and O–H groups in total. The van der Waals surface area contributed by atoms with Crippen LogP contribution in [0.3, 0.4) is 0 Å². The monoisotopic (exact) mass is 672 g/mol. The predicted octanol–water partition coefficient (Wildman–Crippen LogP) is 7.27. The van der Waals surface area contributed by atoms with Crippen LogP contribution in [0.25, 0.3) is 0 Å². The Morgan fingerprint density at radius 1 is 1.02 bits per heavy atom. The Labute approximate surface area is 262 Å². The maximum Gasteiger partial charge on any atom is 0.308 e. The van der Waals surface area contributed by atoms with Gasteiger partial charge in [-0.25, -0.2) is 12.8 Å². The van der Waals surface area contributed by atoms with Crippen LogP contribution in [0.1, 0.15) is 66.6 Å². The number of anilines is 1. The molecule has 0 aliphatic heterocycles. The van der Waals surface area contributed by atoms with Crippen molar-refractivity contribution in [3.63, 3.8) is 0 Å². The van der Waals surface area contributed by atoms with Crippen molar-refractivity contribution in [2.24, 2.45) is 11.8 Å². The normalized spacial score (nSPS) is 17.1. The Kier molecular flexibility index (Phi) is 11.1. The van der Waals surface area contributed by atoms with Crippen molar-refractivity contribution < 1.29 is 27.1 Å². The Bertz CT molecular complexity index is 1570. The van der Waals surface area contributed by atoms with E-state index in [-0.39, 0.29) is 41.4 Å². The fourth-order valence-corrected chi connectivity index (χ4v) is 7.56. The number of halogens is 2. The molecule has 1 aliphatic rings. The first-order valence-electron chi connectivity index (χ1n) is 14.6. The van der Waals surface area contributed by atoms with E-state index >= 15 is 4.39 Å². The number of sulfonamides is 1. The summed E-state index contributed by atoms with van der Waals surface area (Å²) in [5.74, 6) is -1.86. The van der Waals surface area contributed by atoms with Crippen molar-refractivity contribution in [2.45, 2.75) is 64.3 Å². The van der Waals surface area contributed by atoms with E-state index in [9.17, 15) is 18.0 Å². The molecular formula is C33H38BrFN2O5S. The van der Waals surface area contributed by atoms with Crippen molar-refractivity contribution >= 4 is 43.5 Å². The van der Waals surface area contributed by atoms with E-state index in [1.807, 2.05) is 56.3 Å². The lowest BCUT2D eigenvalue weighted by atomic mass is 9.82. The van der Waals surface area contributed by atoms with E-state index in [4.69, 9.17) is 4.74 Å². The summed E-state index contributed by atoms with van der Waals surface area (Å²) in [6.07, 6.45) is 3.30. The number of rotatable bonds is 11. The second kappa shape index (κ2) is 14.6. The quantitative estimate of drug-likeness (QED) is 0.216. The summed E-state index contributed by atoms with van der Waals surface area (Å²) in [4.78, 5) is 25.4. The van der Waals surface area contributed by atoms with Crippen LogP contribution in [-0.4, -0.2) is 37.8 Å². The summed E-state index contributed by atoms with van der Waals surface area (Å²) in [5, 5.41) is 2.80. The van der Waals surface area contributed by atoms with E-state index < -0.39 is 21.7 Å². The number of para-hydroxylation sites is 1. The van der Waals surface area contributed by atoms with Crippen molar-refractivity contribution in [1.82, 2.24) is 4.31 Å². The first kappa shape index (κ1) is 32.8. The third-order valence-electron chi connectivity index (χ3n) is 7.98. The molecule has 0 unspecified atom stereocenters. The summed E-state index contributed by atoms with van der Waals surface area (Å²) < 4.78 is 50.7. The van der Waals surface area contributed by atoms with Crippen LogP contribution in [0.5, 0.6) is 0 Å². The Morgan fingerprint density at radius 3 is 2.42 bits per heavy atom. The molecule has 1 fully saturated rings. The largest absolute Gasteiger partial charge is 0.466 e. The Morgan fingerprint density at radius 2 is 1.74 bits per heavy atom. The topological polar surface area (TPSA) is 92.8 Å². The molecule has 0 radical (unpaired) electrons. The van der Waals surface area contributed by atoms with Gasteiger partial charge in [0.05, 0.1) is 23.0 Å². The van der Waals surface area contributed by atoms with Gasteiger partial charge in [-0.05, 0) is 98.9 Å². The maximum atomic E-state index is 15.0. The predicted molar refractivity (Wildman–Crippen MR) is 169 cm³/mol. The zero-order valence-corrected chi connectivity index (χ0v) is 27.1. The van der Waals surface area contributed by atoms with Gasteiger partial charge in [0.1, 0.15) is 5.82 Å². The van der Waals surface area contributed by atoms with Gasteiger partial charge in [0.25, 0.3) is 5.91 Å². The zero-order chi connectivity index (χ0) is 31.1. The molecule has 0 bridgehead atoms. The number of nitrogens with zero attached hydrogens (tertiary/aromatic N) is 1. The second-order valence-electron chi connectivity index (χ2n) is 11.0. The average molecular weight is 674 g/mol. The molecule has 4 rings (SSSR count). The van der Waals surface area contributed by atoms with Crippen molar-refractivity contribution in [1.29, 1.82) is 0 Å². The fourth-order valence-electron chi connectivity index (χ4n) is 5.59. The Hall–Kier alpha value is -3.08. The standard InChI is InChI=1S/C33H38BrFN2O5S/c1-4-25-10-6-8-22(3)31(25)36-32(38)29-19-28(16-17-30(29)35)43(40,41)37(21-24-9-7-11-27(34)18-24)20-23-12-14-26(15-13-23)33(39)42-5-2/h6-11,16-19,23,26H,4-5,12-15,20-21H2,1-3H3,(H,36,38). The number of aryl methyl sites for hydroxylation is 2. The number of carbonyl (C=O) groups excluding carboxylic acids is 2. The third-order valence-corrected chi connectivity index (χ3v) is 10.3. The van der Waals surface area contributed by atoms with E-state index in [0.717, 1.165) is 33.3 Å². The number of benzene rings is 3. The highest BCUT2D eigenvalue weighted by atomic mass is 79.9. The maximum absolute atomic E-state index is 15.0. The Balaban J connectivity index is 1.62. The van der Waals surface area contributed by atoms with Crippen LogP contribution in [0.15, 0.2) is 70.0 Å². The van der Waals surface area contributed by atoms with Crippen LogP contribution >= 0.6 is 15.9 Å². The number of nitrogens with one attached hydrogen (secondary N) is 1. The number of hydrogen-bond acceptors (Lipinski definition) is 5. The molecule has 230 valence electrons. The first-order valence-corrected chi connectivity index (χ1v) is 16.9. The first-order chi connectivity index (χ1) is 20.5. The van der Waals surface area contributed by atoms with Gasteiger partial charge >= 0.3 is 5.97 Å². The molecule has 1 amide bonds. The third kappa shape index (κ3) is 8.10. The van der Waals surface area contributed by atoms with Crippen LogP contribution in [0, 0.1) is 24.6 Å². The molecule has 10 heteroatoms. The van der Waals surface area contributed by atoms with E-state index in [1.165, 1.54) is 10.4 Å². The smallest absolute Gasteiger partial charge is 0.308 e. The van der Waals surface area contributed by atoms with Crippen LogP contribution in [0.4, 0.5) is 10.1 Å². The second-order valence-corrected chi connectivity index (χ2v) is 13.8. The van der Waals surface area contributed by atoms with Gasteiger partial charge in [-0.15, -0.1) is 0 Å². The van der Waals surface area contributed by atoms with Crippen LogP contribution in [0.2, 0.25) is 0 Å². The van der Waals surface area contributed by atoms with E-state index in [1.54, 1.807) is 6.92 Å². The summed E-state index contributed by atoms with van der Waals surface area (Å²) in [5.41, 5.74) is 2.76. The average Bonchev–Trinajstić information content (AvgIpc) is 2.98. The van der Waals surface area contributed by atoms with E-state index in [2.05, 4.69) is 21.2 Å². The minimum Gasteiger partial charge on any atom is -0.466 e. The number of hydrogen-bond donors (Lipinski definition) is 1. The zero-order valence-electron chi connectivity index (χ0n) is 24.7. The molecule has 0 atom stereocenters. The molecule has 0 saturated heterocycles. The van der Waals surface area contributed by atoms with Gasteiger partial charge in [0, 0.05) is 23.2 Å². The molecule has 1 saturated carbocycles. The summed E-state index contributed by atoms with van der Waals surface area (Å²) in [7, 11) is -4.14. The highest BCUT2D eigenvalue weighted by Crippen LogP contribution is 2.33. The van der Waals surface area contributed by atoms with Crippen molar-refractivity contribution in [2.75, 3.05) is 18.5 Å². The minimum atomic E-state index is -4.14. The molecule has 3 aromatic rings. The summed E-state index contributed by atoms with van der Waals surface area (Å²) >= 11 is 3.46.